The van der Waals surface area contributed by atoms with E-state index in [4.69, 9.17) is 14.6 Å². The van der Waals surface area contributed by atoms with E-state index in [1.807, 2.05) is 91.0 Å². The molecular formula is C47H37F5N6O4. The topological polar surface area (TPSA) is 96.4 Å². The minimum atomic E-state index is -4.89. The van der Waals surface area contributed by atoms with Crippen LogP contribution in [0.4, 0.5) is 27.6 Å². The summed E-state index contributed by atoms with van der Waals surface area (Å²) in [5, 5.41) is 4.85. The Kier molecular flexibility index (Phi) is 11.0. The number of imidazole rings is 1. The molecule has 0 aliphatic heterocycles. The standard InChI is InChI=1S/C47H37F5N6O4/c1-55(36-21-19-35(48)20-22-36)42(59)27-57-39-26-34(47(50,51)52)25-37(43(39)56(2)45(57)60)30-23-38(49)44(40(24-30)61-3)62-28-41-53-29-58(54-41)46(31-13-7-4-8-14-31,32-15-9-5-10-16-32)33-17-11-6-12-18-33/h4-26,29H,27-28H2,1-3H3. The second-order valence-electron chi connectivity index (χ2n) is 14.4. The molecule has 8 aromatic rings. The average Bonchev–Trinajstić information content (AvgIpc) is 3.85. The van der Waals surface area contributed by atoms with E-state index in [0.29, 0.717) is 5.69 Å². The van der Waals surface area contributed by atoms with Crippen molar-refractivity contribution in [3.8, 4) is 22.6 Å². The third kappa shape index (κ3) is 7.46. The van der Waals surface area contributed by atoms with Crippen LogP contribution in [0.15, 0.2) is 151 Å². The molecule has 62 heavy (non-hydrogen) atoms. The van der Waals surface area contributed by atoms with Crippen molar-refractivity contribution in [3.05, 3.63) is 196 Å². The number of nitrogens with zero attached hydrogens (tertiary/aromatic N) is 6. The number of carbonyl (C=O) groups excluding carboxylic acids is 1. The molecule has 1 amide bonds. The molecule has 10 nitrogen and oxygen atoms in total. The van der Waals surface area contributed by atoms with Gasteiger partial charge in [0.1, 0.15) is 30.8 Å². The Hall–Kier alpha value is -7.55. The van der Waals surface area contributed by atoms with E-state index in [1.165, 1.54) is 39.4 Å². The van der Waals surface area contributed by atoms with Crippen molar-refractivity contribution in [2.45, 2.75) is 24.9 Å². The Labute approximate surface area is 351 Å². The molecule has 0 aliphatic carbocycles. The van der Waals surface area contributed by atoms with Crippen molar-refractivity contribution in [1.82, 2.24) is 23.9 Å². The number of hydrogen-bond donors (Lipinski definition) is 0. The number of amides is 1. The van der Waals surface area contributed by atoms with Gasteiger partial charge in [0.05, 0.1) is 23.7 Å². The third-order valence-corrected chi connectivity index (χ3v) is 10.8. The lowest BCUT2D eigenvalue weighted by molar-refractivity contribution is -0.137. The maximum atomic E-state index is 16.3. The molecule has 15 heteroatoms. The summed E-state index contributed by atoms with van der Waals surface area (Å²) in [7, 11) is 3.99. The molecule has 8 rings (SSSR count). The molecule has 0 atom stereocenters. The quantitative estimate of drug-likeness (QED) is 0.0901. The van der Waals surface area contributed by atoms with E-state index in [-0.39, 0.29) is 46.1 Å². The number of anilines is 1. The molecule has 2 aromatic heterocycles. The lowest BCUT2D eigenvalue weighted by Gasteiger charge is -2.35. The van der Waals surface area contributed by atoms with E-state index >= 15 is 4.39 Å². The first-order valence-electron chi connectivity index (χ1n) is 19.2. The second-order valence-corrected chi connectivity index (χ2v) is 14.4. The lowest BCUT2D eigenvalue weighted by Crippen LogP contribution is -2.38. The molecule has 0 saturated heterocycles. The van der Waals surface area contributed by atoms with E-state index < -0.39 is 47.1 Å². The smallest absolute Gasteiger partial charge is 0.416 e. The molecule has 0 unspecified atom stereocenters. The molecule has 6 aromatic carbocycles. The summed E-state index contributed by atoms with van der Waals surface area (Å²) in [5.41, 5.74) is -0.339. The van der Waals surface area contributed by atoms with Crippen LogP contribution >= 0.6 is 0 Å². The molecule has 0 bridgehead atoms. The summed E-state index contributed by atoms with van der Waals surface area (Å²) in [6.45, 7) is -0.970. The predicted molar refractivity (Wildman–Crippen MR) is 223 cm³/mol. The van der Waals surface area contributed by atoms with Crippen LogP contribution in [0.1, 0.15) is 28.1 Å². The van der Waals surface area contributed by atoms with E-state index in [9.17, 15) is 27.2 Å². The molecule has 0 aliphatic rings. The summed E-state index contributed by atoms with van der Waals surface area (Å²) in [6, 6.07) is 38.3. The van der Waals surface area contributed by atoms with Gasteiger partial charge in [-0.25, -0.2) is 23.2 Å². The number of alkyl halides is 3. The number of ether oxygens (including phenoxy) is 2. The van der Waals surface area contributed by atoms with Gasteiger partial charge in [-0.05, 0) is 70.8 Å². The third-order valence-electron chi connectivity index (χ3n) is 10.8. The first-order valence-corrected chi connectivity index (χ1v) is 19.2. The van der Waals surface area contributed by atoms with Gasteiger partial charge in [0.2, 0.25) is 5.91 Å². The monoisotopic (exact) mass is 844 g/mol. The van der Waals surface area contributed by atoms with Crippen molar-refractivity contribution in [2.24, 2.45) is 7.05 Å². The van der Waals surface area contributed by atoms with Gasteiger partial charge in [0.25, 0.3) is 0 Å². The number of aryl methyl sites for hydroxylation is 1. The van der Waals surface area contributed by atoms with Gasteiger partial charge in [0.15, 0.2) is 23.1 Å². The summed E-state index contributed by atoms with van der Waals surface area (Å²) in [6.07, 6.45) is -3.32. The highest BCUT2D eigenvalue weighted by atomic mass is 19.4. The minimum Gasteiger partial charge on any atom is -0.493 e. The van der Waals surface area contributed by atoms with Gasteiger partial charge in [-0.2, -0.15) is 18.3 Å². The molecular weight excluding hydrogens is 808 g/mol. The maximum absolute atomic E-state index is 16.3. The van der Waals surface area contributed by atoms with E-state index in [2.05, 4.69) is 4.98 Å². The Morgan fingerprint density at radius 1 is 0.774 bits per heavy atom. The van der Waals surface area contributed by atoms with Crippen LogP contribution in [0.25, 0.3) is 22.2 Å². The van der Waals surface area contributed by atoms with Gasteiger partial charge in [0, 0.05) is 25.3 Å². The van der Waals surface area contributed by atoms with E-state index in [0.717, 1.165) is 61.1 Å². The fraction of sp³-hybridized carbons (Fsp3) is 0.149. The van der Waals surface area contributed by atoms with Crippen LogP contribution < -0.4 is 20.1 Å². The van der Waals surface area contributed by atoms with Crippen molar-refractivity contribution in [1.29, 1.82) is 0 Å². The Morgan fingerprint density at radius 2 is 1.35 bits per heavy atom. The first-order chi connectivity index (χ1) is 29.8. The molecule has 0 radical (unpaired) electrons. The number of carbonyl (C=O) groups is 1. The van der Waals surface area contributed by atoms with Gasteiger partial charge < -0.3 is 14.4 Å². The molecule has 0 spiro atoms. The zero-order valence-corrected chi connectivity index (χ0v) is 33.5. The molecule has 0 fully saturated rings. The second kappa shape index (κ2) is 16.5. The molecule has 0 N–H and O–H groups in total. The fourth-order valence-electron chi connectivity index (χ4n) is 7.76. The lowest BCUT2D eigenvalue weighted by atomic mass is 9.77. The number of rotatable bonds is 12. The Balaban J connectivity index is 1.15. The minimum absolute atomic E-state index is 0.00354. The van der Waals surface area contributed by atoms with Gasteiger partial charge in [-0.1, -0.05) is 91.0 Å². The van der Waals surface area contributed by atoms with Crippen LogP contribution in [-0.4, -0.2) is 44.0 Å². The largest absolute Gasteiger partial charge is 0.493 e. The number of likely N-dealkylation sites (N-methyl/N-ethyl adjacent to an activating group) is 1. The zero-order valence-electron chi connectivity index (χ0n) is 33.5. The van der Waals surface area contributed by atoms with Crippen LogP contribution in [0.2, 0.25) is 0 Å². The van der Waals surface area contributed by atoms with Crippen LogP contribution in [-0.2, 0) is 36.7 Å². The van der Waals surface area contributed by atoms with Crippen molar-refractivity contribution >= 4 is 22.6 Å². The highest BCUT2D eigenvalue weighted by Crippen LogP contribution is 2.43. The van der Waals surface area contributed by atoms with Crippen LogP contribution in [0.5, 0.6) is 11.5 Å². The zero-order chi connectivity index (χ0) is 43.8. The first kappa shape index (κ1) is 41.2. The highest BCUT2D eigenvalue weighted by molar-refractivity contribution is 5.97. The number of aromatic nitrogens is 5. The number of methoxy groups -OCH3 is 1. The summed E-state index contributed by atoms with van der Waals surface area (Å²) < 4.78 is 88.5. The predicted octanol–water partition coefficient (Wildman–Crippen LogP) is 8.99. The number of hydrogen-bond acceptors (Lipinski definition) is 6. The van der Waals surface area contributed by atoms with Crippen LogP contribution in [0, 0.1) is 11.6 Å². The number of fused-ring (bicyclic) bond motifs is 1. The Morgan fingerprint density at radius 3 is 1.90 bits per heavy atom. The van der Waals surface area contributed by atoms with Crippen molar-refractivity contribution < 1.29 is 36.2 Å². The van der Waals surface area contributed by atoms with Crippen LogP contribution in [0.3, 0.4) is 0 Å². The summed E-state index contributed by atoms with van der Waals surface area (Å²) in [4.78, 5) is 32.7. The van der Waals surface area contributed by atoms with E-state index in [1.54, 1.807) is 11.0 Å². The maximum Gasteiger partial charge on any atom is 0.416 e. The van der Waals surface area contributed by atoms with Crippen molar-refractivity contribution in [3.63, 3.8) is 0 Å². The van der Waals surface area contributed by atoms with Gasteiger partial charge >= 0.3 is 11.9 Å². The van der Waals surface area contributed by atoms with Crippen molar-refractivity contribution in [2.75, 3.05) is 19.1 Å². The summed E-state index contributed by atoms with van der Waals surface area (Å²) in [5.74, 6) is -2.48. The van der Waals surface area contributed by atoms with Gasteiger partial charge in [-0.3, -0.25) is 13.9 Å². The normalized spacial score (nSPS) is 11.8. The summed E-state index contributed by atoms with van der Waals surface area (Å²) >= 11 is 0. The molecule has 2 heterocycles. The average molecular weight is 845 g/mol. The highest BCUT2D eigenvalue weighted by Gasteiger charge is 2.40. The number of halogens is 5. The molecule has 314 valence electrons. The molecule has 0 saturated carbocycles. The van der Waals surface area contributed by atoms with Gasteiger partial charge in [-0.15, -0.1) is 0 Å². The SMILES string of the molecule is COc1cc(-c2cc(C(F)(F)F)cc3c2n(C)c(=O)n3CC(=O)N(C)c2ccc(F)cc2)cc(F)c1OCc1ncn(C(c2ccccc2)(c2ccccc2)c2ccccc2)n1. The number of benzene rings is 6. The fourth-order valence-corrected chi connectivity index (χ4v) is 7.76. The Bertz CT molecular complexity index is 2850.